The van der Waals surface area contributed by atoms with Crippen LogP contribution in [0.4, 0.5) is 8.78 Å². The lowest BCUT2D eigenvalue weighted by atomic mass is 9.93. The molecule has 2 N–H and O–H groups in total. The van der Waals surface area contributed by atoms with E-state index in [1.807, 2.05) is 20.8 Å². The van der Waals surface area contributed by atoms with Crippen molar-refractivity contribution < 1.29 is 13.5 Å². The van der Waals surface area contributed by atoms with Crippen molar-refractivity contribution in [3.05, 3.63) is 22.3 Å². The van der Waals surface area contributed by atoms with Gasteiger partial charge in [0.1, 0.15) is 0 Å². The summed E-state index contributed by atoms with van der Waals surface area (Å²) < 4.78 is 31.6. The summed E-state index contributed by atoms with van der Waals surface area (Å²) in [7, 11) is 0. The monoisotopic (exact) mass is 336 g/mol. The highest BCUT2D eigenvalue weighted by Gasteiger charge is 2.19. The Morgan fingerprint density at radius 1 is 1.47 bits per heavy atom. The van der Waals surface area contributed by atoms with E-state index in [4.69, 9.17) is 10.5 Å². The summed E-state index contributed by atoms with van der Waals surface area (Å²) in [6, 6.07) is 1.32. The van der Waals surface area contributed by atoms with Crippen molar-refractivity contribution in [2.75, 3.05) is 6.61 Å². The minimum Gasteiger partial charge on any atom is -0.477 e. The topological polar surface area (TPSA) is 48.1 Å². The van der Waals surface area contributed by atoms with Crippen molar-refractivity contribution in [3.63, 3.8) is 0 Å². The Balaban J connectivity index is 2.67. The van der Waals surface area contributed by atoms with Gasteiger partial charge in [0.2, 0.25) is 5.88 Å². The molecule has 0 aromatic carbocycles. The summed E-state index contributed by atoms with van der Waals surface area (Å²) in [6.07, 6.45) is -0.423. The molecule has 1 aromatic rings. The van der Waals surface area contributed by atoms with E-state index in [9.17, 15) is 8.78 Å². The van der Waals surface area contributed by atoms with E-state index in [0.717, 1.165) is 6.42 Å². The number of halogens is 3. The van der Waals surface area contributed by atoms with Gasteiger partial charge in [0.05, 0.1) is 12.2 Å². The fourth-order valence-corrected chi connectivity index (χ4v) is 2.25. The molecule has 108 valence electrons. The number of pyridine rings is 1. The third-order valence-electron chi connectivity index (χ3n) is 2.46. The molecule has 0 fully saturated rings. The number of rotatable bonds is 6. The van der Waals surface area contributed by atoms with Gasteiger partial charge in [0.25, 0.3) is 6.43 Å². The number of hydrogen-bond acceptors (Lipinski definition) is 3. The van der Waals surface area contributed by atoms with Crippen LogP contribution >= 0.6 is 15.9 Å². The van der Waals surface area contributed by atoms with Crippen molar-refractivity contribution in [2.24, 2.45) is 11.7 Å². The number of nitrogens with two attached hydrogens (primary N) is 1. The fraction of sp³-hybridized carbons (Fsp3) is 0.615. The van der Waals surface area contributed by atoms with Crippen LogP contribution in [0.5, 0.6) is 5.88 Å². The zero-order valence-electron chi connectivity index (χ0n) is 11.3. The van der Waals surface area contributed by atoms with Crippen molar-refractivity contribution in [1.29, 1.82) is 0 Å². The average Bonchev–Trinajstić information content (AvgIpc) is 2.24. The van der Waals surface area contributed by atoms with E-state index >= 15 is 0 Å². The maximum Gasteiger partial charge on any atom is 0.269 e. The molecule has 1 unspecified atom stereocenters. The zero-order chi connectivity index (χ0) is 14.6. The van der Waals surface area contributed by atoms with Gasteiger partial charge in [-0.2, -0.15) is 0 Å². The molecule has 1 rings (SSSR count). The Labute approximate surface area is 120 Å². The highest BCUT2D eigenvalue weighted by atomic mass is 79.9. The maximum absolute atomic E-state index is 12.8. The van der Waals surface area contributed by atoms with Gasteiger partial charge in [0.15, 0.2) is 0 Å². The minimum atomic E-state index is -2.61. The molecular formula is C13H19BrF2N2O. The second kappa shape index (κ2) is 6.61. The maximum atomic E-state index is 12.8. The Kier molecular flexibility index (Phi) is 5.67. The summed E-state index contributed by atoms with van der Waals surface area (Å²) in [4.78, 5) is 3.89. The first-order chi connectivity index (χ1) is 8.69. The zero-order valence-corrected chi connectivity index (χ0v) is 12.9. The lowest BCUT2D eigenvalue weighted by molar-refractivity contribution is 0.140. The predicted octanol–water partition coefficient (Wildman–Crippen LogP) is 3.92. The molecule has 0 bridgehead atoms. The van der Waals surface area contributed by atoms with Crippen molar-refractivity contribution in [3.8, 4) is 5.88 Å². The Hall–Kier alpha value is -0.750. The molecule has 0 spiro atoms. The third kappa shape index (κ3) is 5.82. The molecule has 1 atom stereocenters. The summed E-state index contributed by atoms with van der Waals surface area (Å²) >= 11 is 3.12. The van der Waals surface area contributed by atoms with Crippen LogP contribution in [0.15, 0.2) is 16.7 Å². The Bertz CT molecular complexity index is 422. The van der Waals surface area contributed by atoms with Crippen LogP contribution in [-0.2, 0) is 0 Å². The van der Waals surface area contributed by atoms with Crippen LogP contribution in [0.2, 0.25) is 0 Å². The van der Waals surface area contributed by atoms with Crippen molar-refractivity contribution in [2.45, 2.75) is 39.2 Å². The first-order valence-electron chi connectivity index (χ1n) is 6.04. The van der Waals surface area contributed by atoms with Gasteiger partial charge < -0.3 is 10.5 Å². The molecule has 0 aliphatic carbocycles. The number of ether oxygens (including phenoxy) is 1. The molecule has 6 heteroatoms. The average molecular weight is 337 g/mol. The lowest BCUT2D eigenvalue weighted by Crippen LogP contribution is -2.35. The summed E-state index contributed by atoms with van der Waals surface area (Å²) in [5.74, 6) is 0.149. The quantitative estimate of drug-likeness (QED) is 0.856. The van der Waals surface area contributed by atoms with Crippen LogP contribution in [0.25, 0.3) is 0 Å². The van der Waals surface area contributed by atoms with Crippen LogP contribution in [0.1, 0.15) is 39.2 Å². The molecule has 1 heterocycles. The lowest BCUT2D eigenvalue weighted by Gasteiger charge is -2.23. The van der Waals surface area contributed by atoms with Crippen LogP contribution < -0.4 is 10.5 Å². The van der Waals surface area contributed by atoms with Crippen molar-refractivity contribution >= 4 is 15.9 Å². The number of hydrogen-bond donors (Lipinski definition) is 1. The van der Waals surface area contributed by atoms with Gasteiger partial charge in [-0.05, 0) is 48.2 Å². The largest absolute Gasteiger partial charge is 0.477 e. The molecule has 0 saturated carbocycles. The van der Waals surface area contributed by atoms with E-state index < -0.39 is 6.43 Å². The van der Waals surface area contributed by atoms with Crippen LogP contribution in [0, 0.1) is 5.92 Å². The molecule has 3 nitrogen and oxygen atoms in total. The van der Waals surface area contributed by atoms with E-state index in [-0.39, 0.29) is 22.9 Å². The highest BCUT2D eigenvalue weighted by Crippen LogP contribution is 2.30. The first-order valence-corrected chi connectivity index (χ1v) is 6.83. The van der Waals surface area contributed by atoms with Crippen LogP contribution in [0.3, 0.4) is 0 Å². The summed E-state index contributed by atoms with van der Waals surface area (Å²) in [5.41, 5.74) is 5.40. The Morgan fingerprint density at radius 3 is 2.63 bits per heavy atom. The second-order valence-corrected chi connectivity index (χ2v) is 6.37. The van der Waals surface area contributed by atoms with Crippen LogP contribution in [-0.4, -0.2) is 17.1 Å². The molecule has 0 radical (unpaired) electrons. The molecular weight excluding hydrogens is 318 g/mol. The Morgan fingerprint density at radius 2 is 2.11 bits per heavy atom. The van der Waals surface area contributed by atoms with E-state index in [2.05, 4.69) is 20.9 Å². The van der Waals surface area contributed by atoms with E-state index in [0.29, 0.717) is 11.1 Å². The molecule has 0 aliphatic rings. The van der Waals surface area contributed by atoms with Gasteiger partial charge in [-0.25, -0.2) is 13.8 Å². The third-order valence-corrected chi connectivity index (χ3v) is 2.89. The molecule has 19 heavy (non-hydrogen) atoms. The van der Waals surface area contributed by atoms with Gasteiger partial charge >= 0.3 is 0 Å². The number of aromatic nitrogens is 1. The fourth-order valence-electron chi connectivity index (χ4n) is 1.90. The number of nitrogens with zero attached hydrogens (tertiary/aromatic N) is 1. The standard InChI is InChI=1S/C13H19BrF2N2O/c1-8(5-13(2,3)17)7-19-12-10(11(15)16)4-9(14)6-18-12/h4,6,8,11H,5,7,17H2,1-3H3. The van der Waals surface area contributed by atoms with E-state index in [1.54, 1.807) is 0 Å². The highest BCUT2D eigenvalue weighted by molar-refractivity contribution is 9.10. The second-order valence-electron chi connectivity index (χ2n) is 5.46. The summed E-state index contributed by atoms with van der Waals surface area (Å²) in [6.45, 7) is 6.13. The molecule has 0 saturated heterocycles. The molecule has 1 aromatic heterocycles. The first kappa shape index (κ1) is 16.3. The van der Waals surface area contributed by atoms with E-state index in [1.165, 1.54) is 12.3 Å². The normalized spacial score (nSPS) is 13.7. The smallest absolute Gasteiger partial charge is 0.269 e. The van der Waals surface area contributed by atoms with Gasteiger partial charge in [0, 0.05) is 16.2 Å². The number of alkyl halides is 2. The SMILES string of the molecule is CC(COc1ncc(Br)cc1C(F)F)CC(C)(C)N. The molecule has 0 amide bonds. The summed E-state index contributed by atoms with van der Waals surface area (Å²) in [5, 5.41) is 0. The minimum absolute atomic E-state index is 0.0140. The van der Waals surface area contributed by atoms with Gasteiger partial charge in [-0.15, -0.1) is 0 Å². The predicted molar refractivity (Wildman–Crippen MR) is 74.4 cm³/mol. The molecule has 0 aliphatic heterocycles. The van der Waals surface area contributed by atoms with Gasteiger partial charge in [-0.1, -0.05) is 6.92 Å². The van der Waals surface area contributed by atoms with Crippen molar-refractivity contribution in [1.82, 2.24) is 4.98 Å². The van der Waals surface area contributed by atoms with Gasteiger partial charge in [-0.3, -0.25) is 0 Å².